The predicted octanol–water partition coefficient (Wildman–Crippen LogP) is 1.07. The van der Waals surface area contributed by atoms with Crippen molar-refractivity contribution in [3.8, 4) is 5.75 Å². The average molecular weight is 210 g/mol. The van der Waals surface area contributed by atoms with Gasteiger partial charge in [0.2, 0.25) is 0 Å². The first-order valence-electron chi connectivity index (χ1n) is 5.12. The molecule has 1 fully saturated rings. The van der Waals surface area contributed by atoms with Gasteiger partial charge in [-0.25, -0.2) is 4.39 Å². The molecule has 1 aliphatic heterocycles. The normalized spacial score (nSPS) is 21.6. The highest BCUT2D eigenvalue weighted by atomic mass is 19.1. The van der Waals surface area contributed by atoms with Crippen LogP contribution in [0.15, 0.2) is 12.1 Å². The topological polar surface area (TPSA) is 44.3 Å². The van der Waals surface area contributed by atoms with Crippen LogP contribution in [0.2, 0.25) is 0 Å². The van der Waals surface area contributed by atoms with Crippen LogP contribution in [0.3, 0.4) is 0 Å². The van der Waals surface area contributed by atoms with Crippen LogP contribution in [0.4, 0.5) is 4.39 Å². The van der Waals surface area contributed by atoms with Gasteiger partial charge in [-0.05, 0) is 18.6 Å². The number of piperazine rings is 1. The molecule has 0 radical (unpaired) electrons. The molecule has 0 bridgehead atoms. The molecule has 0 aromatic heterocycles. The van der Waals surface area contributed by atoms with Gasteiger partial charge in [0, 0.05) is 25.2 Å². The summed E-state index contributed by atoms with van der Waals surface area (Å²) in [5, 5.41) is 16.2. The van der Waals surface area contributed by atoms with E-state index in [4.69, 9.17) is 0 Å². The molecule has 2 rings (SSSR count). The highest BCUT2D eigenvalue weighted by Gasteiger charge is 2.22. The van der Waals surface area contributed by atoms with E-state index in [9.17, 15) is 9.50 Å². The van der Waals surface area contributed by atoms with Crippen molar-refractivity contribution in [1.29, 1.82) is 0 Å². The fourth-order valence-electron chi connectivity index (χ4n) is 1.88. The van der Waals surface area contributed by atoms with Crippen LogP contribution in [-0.2, 0) is 0 Å². The molecule has 1 aliphatic rings. The molecule has 0 unspecified atom stereocenters. The van der Waals surface area contributed by atoms with Gasteiger partial charge in [0.1, 0.15) is 11.6 Å². The third-order valence-electron chi connectivity index (χ3n) is 2.76. The minimum absolute atomic E-state index is 0.0659. The summed E-state index contributed by atoms with van der Waals surface area (Å²) in [6.45, 7) is 4.09. The number of hydrogen-bond donors (Lipinski definition) is 3. The molecule has 1 saturated heterocycles. The number of phenols is 1. The summed E-state index contributed by atoms with van der Waals surface area (Å²) in [6, 6.07) is 2.85. The largest absolute Gasteiger partial charge is 0.507 e. The molecule has 1 aromatic rings. The molecule has 15 heavy (non-hydrogen) atoms. The van der Waals surface area contributed by atoms with Gasteiger partial charge in [0.25, 0.3) is 0 Å². The second-order valence-electron chi connectivity index (χ2n) is 3.84. The Labute approximate surface area is 88.3 Å². The number of halogens is 1. The third-order valence-corrected chi connectivity index (χ3v) is 2.76. The first-order chi connectivity index (χ1) is 7.20. The highest BCUT2D eigenvalue weighted by Crippen LogP contribution is 2.30. The lowest BCUT2D eigenvalue weighted by atomic mass is 10.0. The summed E-state index contributed by atoms with van der Waals surface area (Å²) in [4.78, 5) is 0. The predicted molar refractivity (Wildman–Crippen MR) is 56.4 cm³/mol. The monoisotopic (exact) mass is 210 g/mol. The molecule has 0 spiro atoms. The second kappa shape index (κ2) is 4.16. The smallest absolute Gasteiger partial charge is 0.131 e. The van der Waals surface area contributed by atoms with Crippen LogP contribution in [0.25, 0.3) is 0 Å². The Balaban J connectivity index is 2.36. The van der Waals surface area contributed by atoms with Crippen LogP contribution < -0.4 is 10.6 Å². The summed E-state index contributed by atoms with van der Waals surface area (Å²) < 4.78 is 13.6. The van der Waals surface area contributed by atoms with Crippen LogP contribution in [0.5, 0.6) is 5.75 Å². The van der Waals surface area contributed by atoms with Gasteiger partial charge in [-0.2, -0.15) is 0 Å². The molecule has 82 valence electrons. The van der Waals surface area contributed by atoms with Crippen molar-refractivity contribution in [3.63, 3.8) is 0 Å². The molecular weight excluding hydrogens is 195 g/mol. The number of hydrogen-bond acceptors (Lipinski definition) is 3. The summed E-state index contributed by atoms with van der Waals surface area (Å²) in [6.07, 6.45) is 0. The van der Waals surface area contributed by atoms with Gasteiger partial charge in [-0.3, -0.25) is 0 Å². The Hall–Kier alpha value is -1.13. The summed E-state index contributed by atoms with van der Waals surface area (Å²) in [7, 11) is 0. The van der Waals surface area contributed by atoms with Crippen molar-refractivity contribution in [3.05, 3.63) is 29.1 Å². The van der Waals surface area contributed by atoms with Crippen molar-refractivity contribution in [2.24, 2.45) is 0 Å². The fraction of sp³-hybridized carbons (Fsp3) is 0.455. The Morgan fingerprint density at radius 1 is 1.40 bits per heavy atom. The van der Waals surface area contributed by atoms with Gasteiger partial charge in [-0.15, -0.1) is 0 Å². The summed E-state index contributed by atoms with van der Waals surface area (Å²) >= 11 is 0. The number of benzene rings is 1. The van der Waals surface area contributed by atoms with Gasteiger partial charge < -0.3 is 15.7 Å². The van der Waals surface area contributed by atoms with Gasteiger partial charge in [-0.1, -0.05) is 6.07 Å². The zero-order chi connectivity index (χ0) is 10.8. The average Bonchev–Trinajstić information content (AvgIpc) is 2.26. The quantitative estimate of drug-likeness (QED) is 0.649. The maximum Gasteiger partial charge on any atom is 0.131 e. The molecule has 3 N–H and O–H groups in total. The van der Waals surface area contributed by atoms with E-state index in [-0.39, 0.29) is 17.6 Å². The Morgan fingerprint density at radius 3 is 2.87 bits per heavy atom. The van der Waals surface area contributed by atoms with E-state index in [2.05, 4.69) is 10.6 Å². The van der Waals surface area contributed by atoms with E-state index in [1.165, 1.54) is 6.07 Å². The first-order valence-corrected chi connectivity index (χ1v) is 5.12. The minimum atomic E-state index is -0.348. The van der Waals surface area contributed by atoms with Crippen molar-refractivity contribution in [2.75, 3.05) is 19.6 Å². The molecule has 3 nitrogen and oxygen atoms in total. The third kappa shape index (κ3) is 1.96. The van der Waals surface area contributed by atoms with Crippen LogP contribution in [0, 0.1) is 12.7 Å². The first kappa shape index (κ1) is 10.4. The molecule has 1 atom stereocenters. The number of nitrogens with one attached hydrogen (secondary N) is 2. The number of phenolic OH excluding ortho intramolecular Hbond substituents is 1. The van der Waals surface area contributed by atoms with Crippen molar-refractivity contribution >= 4 is 0 Å². The standard InChI is InChI=1S/C11H15FN2O/c1-7-2-3-8(12)10(11(7)15)9-6-13-4-5-14-9/h2-3,9,13-15H,4-6H2,1H3/t9-/m1/s1. The van der Waals surface area contributed by atoms with E-state index >= 15 is 0 Å². The zero-order valence-corrected chi connectivity index (χ0v) is 8.68. The van der Waals surface area contributed by atoms with E-state index in [0.29, 0.717) is 17.7 Å². The van der Waals surface area contributed by atoms with Gasteiger partial charge in [0.15, 0.2) is 0 Å². The fourth-order valence-corrected chi connectivity index (χ4v) is 1.88. The van der Waals surface area contributed by atoms with Crippen LogP contribution in [0.1, 0.15) is 17.2 Å². The van der Waals surface area contributed by atoms with Crippen LogP contribution in [-0.4, -0.2) is 24.7 Å². The van der Waals surface area contributed by atoms with Gasteiger partial charge >= 0.3 is 0 Å². The molecule has 0 saturated carbocycles. The van der Waals surface area contributed by atoms with E-state index < -0.39 is 0 Å². The SMILES string of the molecule is Cc1ccc(F)c([C@H]2CNCCN2)c1O. The number of rotatable bonds is 1. The minimum Gasteiger partial charge on any atom is -0.507 e. The number of aryl methyl sites for hydroxylation is 1. The Kier molecular flexibility index (Phi) is 2.88. The van der Waals surface area contributed by atoms with E-state index in [0.717, 1.165) is 13.1 Å². The second-order valence-corrected chi connectivity index (χ2v) is 3.84. The molecule has 0 aliphatic carbocycles. The van der Waals surface area contributed by atoms with Gasteiger partial charge in [0.05, 0.1) is 6.04 Å². The molecule has 1 heterocycles. The molecule has 1 aromatic carbocycles. The molecule has 4 heteroatoms. The zero-order valence-electron chi connectivity index (χ0n) is 8.68. The Bertz CT molecular complexity index is 362. The van der Waals surface area contributed by atoms with Crippen molar-refractivity contribution < 1.29 is 9.50 Å². The van der Waals surface area contributed by atoms with E-state index in [1.54, 1.807) is 13.0 Å². The van der Waals surface area contributed by atoms with Crippen molar-refractivity contribution in [2.45, 2.75) is 13.0 Å². The summed E-state index contributed by atoms with van der Waals surface area (Å²) in [5.41, 5.74) is 1.08. The maximum atomic E-state index is 13.6. The highest BCUT2D eigenvalue weighted by molar-refractivity contribution is 5.42. The molecular formula is C11H15FN2O. The summed E-state index contributed by atoms with van der Waals surface area (Å²) in [5.74, 6) is -0.282. The lowest BCUT2D eigenvalue weighted by Gasteiger charge is -2.26. The van der Waals surface area contributed by atoms with E-state index in [1.807, 2.05) is 0 Å². The lowest BCUT2D eigenvalue weighted by Crippen LogP contribution is -2.43. The number of aromatic hydroxyl groups is 1. The van der Waals surface area contributed by atoms with Crippen molar-refractivity contribution in [1.82, 2.24) is 10.6 Å². The maximum absolute atomic E-state index is 13.6. The molecule has 0 amide bonds. The van der Waals surface area contributed by atoms with Crippen LogP contribution >= 0.6 is 0 Å². The Morgan fingerprint density at radius 2 is 2.20 bits per heavy atom. The lowest BCUT2D eigenvalue weighted by molar-refractivity contribution is 0.388.